The molecule has 0 unspecified atom stereocenters. The van der Waals surface area contributed by atoms with E-state index in [0.717, 1.165) is 18.2 Å². The summed E-state index contributed by atoms with van der Waals surface area (Å²) < 4.78 is 61.9. The maximum absolute atomic E-state index is 14.6. The molecule has 0 aliphatic rings. The van der Waals surface area contributed by atoms with E-state index in [-0.39, 0.29) is 10.9 Å². The van der Waals surface area contributed by atoms with E-state index in [1.54, 1.807) is 12.3 Å². The van der Waals surface area contributed by atoms with Crippen molar-refractivity contribution in [3.8, 4) is 17.6 Å². The zero-order valence-corrected chi connectivity index (χ0v) is 18.5. The molecule has 0 fully saturated rings. The number of nitrogens with zero attached hydrogens (tertiary/aromatic N) is 1. The number of aromatic nitrogens is 1. The third kappa shape index (κ3) is 5.37. The second kappa shape index (κ2) is 10.4. The lowest BCUT2D eigenvalue weighted by molar-refractivity contribution is 0.316. The molecule has 4 rings (SSSR count). The Labute approximate surface area is 195 Å². The van der Waals surface area contributed by atoms with Crippen molar-refractivity contribution in [2.45, 2.75) is 26.2 Å². The Kier molecular flexibility index (Phi) is 7.12. The number of fused-ring (bicyclic) bond motifs is 1. The maximum atomic E-state index is 14.6. The highest BCUT2D eigenvalue weighted by Crippen LogP contribution is 2.22. The molecule has 2 nitrogen and oxygen atoms in total. The van der Waals surface area contributed by atoms with Gasteiger partial charge in [0.1, 0.15) is 17.4 Å². The van der Waals surface area contributed by atoms with Gasteiger partial charge in [0, 0.05) is 16.6 Å². The van der Waals surface area contributed by atoms with E-state index in [1.807, 2.05) is 19.1 Å². The van der Waals surface area contributed by atoms with Gasteiger partial charge in [-0.05, 0) is 72.7 Å². The minimum absolute atomic E-state index is 0.116. The number of halogens is 4. The molecule has 0 amide bonds. The van der Waals surface area contributed by atoms with Crippen LogP contribution >= 0.6 is 0 Å². The fourth-order valence-corrected chi connectivity index (χ4v) is 3.50. The zero-order valence-electron chi connectivity index (χ0n) is 18.5. The van der Waals surface area contributed by atoms with Gasteiger partial charge in [0.2, 0.25) is 0 Å². The summed E-state index contributed by atoms with van der Waals surface area (Å²) in [6.45, 7) is 2.64. The molecule has 0 bridgehead atoms. The lowest BCUT2D eigenvalue weighted by atomic mass is 10.0. The summed E-state index contributed by atoms with van der Waals surface area (Å²) in [7, 11) is 0. The van der Waals surface area contributed by atoms with E-state index in [4.69, 9.17) is 4.74 Å². The van der Waals surface area contributed by atoms with Crippen molar-refractivity contribution in [2.75, 3.05) is 6.61 Å². The van der Waals surface area contributed by atoms with Crippen LogP contribution in [0.4, 0.5) is 17.6 Å². The normalized spacial score (nSPS) is 10.7. The van der Waals surface area contributed by atoms with Crippen LogP contribution < -0.4 is 4.74 Å². The monoisotopic (exact) mass is 463 g/mol. The lowest BCUT2D eigenvalue weighted by Crippen LogP contribution is -2.00. The van der Waals surface area contributed by atoms with E-state index in [9.17, 15) is 17.6 Å². The predicted octanol–water partition coefficient (Wildman–Crippen LogP) is 6.77. The third-order valence-corrected chi connectivity index (χ3v) is 5.28. The van der Waals surface area contributed by atoms with E-state index in [2.05, 4.69) is 16.8 Å². The Hall–Kier alpha value is -3.85. The van der Waals surface area contributed by atoms with E-state index in [0.29, 0.717) is 41.7 Å². The second-order valence-corrected chi connectivity index (χ2v) is 7.82. The van der Waals surface area contributed by atoms with Crippen molar-refractivity contribution < 1.29 is 22.3 Å². The van der Waals surface area contributed by atoms with Gasteiger partial charge in [-0.15, -0.1) is 0 Å². The first-order valence-corrected chi connectivity index (χ1v) is 10.9. The van der Waals surface area contributed by atoms with E-state index in [1.165, 1.54) is 30.3 Å². The average Bonchev–Trinajstić information content (AvgIpc) is 2.84. The third-order valence-electron chi connectivity index (χ3n) is 5.28. The molecule has 3 aromatic carbocycles. The number of hydrogen-bond donors (Lipinski definition) is 0. The summed E-state index contributed by atoms with van der Waals surface area (Å²) in [5, 5.41) is 0.561. The summed E-state index contributed by atoms with van der Waals surface area (Å²) >= 11 is 0. The summed E-state index contributed by atoms with van der Waals surface area (Å²) in [4.78, 5) is 4.32. The van der Waals surface area contributed by atoms with Crippen LogP contribution in [0.1, 0.15) is 35.7 Å². The van der Waals surface area contributed by atoms with Crippen molar-refractivity contribution in [1.82, 2.24) is 4.98 Å². The SMILES string of the molecule is CCCOc1ccc(CCc2cc(F)c(C#Cc3ccc4c(F)c(F)ccc4c3)c(F)c2)nc1. The summed E-state index contributed by atoms with van der Waals surface area (Å²) in [5.41, 5.74) is 1.38. The van der Waals surface area contributed by atoms with Crippen LogP contribution in [0.25, 0.3) is 10.8 Å². The number of ether oxygens (including phenoxy) is 1. The van der Waals surface area contributed by atoms with E-state index < -0.39 is 23.3 Å². The molecular weight excluding hydrogens is 442 g/mol. The minimum Gasteiger partial charge on any atom is -0.492 e. The standard InChI is InChI=1S/C28H21F4NO/c1-2-13-34-22-9-8-21(33-17-22)7-3-19-15-26(30)24(27(31)16-19)11-5-18-4-10-23-20(14-18)6-12-25(29)28(23)32/h4,6,8-10,12,14-17H,2-3,7,13H2,1H3. The summed E-state index contributed by atoms with van der Waals surface area (Å²) in [6, 6.07) is 13.1. The second-order valence-electron chi connectivity index (χ2n) is 7.82. The molecule has 0 aliphatic carbocycles. The van der Waals surface area contributed by atoms with Gasteiger partial charge in [-0.3, -0.25) is 4.98 Å². The number of benzene rings is 3. The molecule has 0 saturated heterocycles. The Morgan fingerprint density at radius 3 is 2.32 bits per heavy atom. The van der Waals surface area contributed by atoms with Crippen LogP contribution in [0, 0.1) is 35.1 Å². The van der Waals surface area contributed by atoms with Crippen LogP contribution in [0.15, 0.2) is 60.8 Å². The summed E-state index contributed by atoms with van der Waals surface area (Å²) in [6.07, 6.45) is 3.48. The molecule has 1 heterocycles. The van der Waals surface area contributed by atoms with Crippen LogP contribution in [0.3, 0.4) is 0 Å². The van der Waals surface area contributed by atoms with Gasteiger partial charge in [-0.2, -0.15) is 0 Å². The van der Waals surface area contributed by atoms with E-state index >= 15 is 0 Å². The number of rotatable bonds is 6. The van der Waals surface area contributed by atoms with Crippen molar-refractivity contribution in [3.63, 3.8) is 0 Å². The molecule has 172 valence electrons. The van der Waals surface area contributed by atoms with Crippen LogP contribution in [0.2, 0.25) is 0 Å². The highest BCUT2D eigenvalue weighted by Gasteiger charge is 2.11. The van der Waals surface area contributed by atoms with Gasteiger partial charge in [-0.25, -0.2) is 17.6 Å². The van der Waals surface area contributed by atoms with Crippen molar-refractivity contribution in [2.24, 2.45) is 0 Å². The topological polar surface area (TPSA) is 22.1 Å². The van der Waals surface area contributed by atoms with Gasteiger partial charge < -0.3 is 4.74 Å². The number of pyridine rings is 1. The van der Waals surface area contributed by atoms with Crippen molar-refractivity contribution in [3.05, 3.63) is 106 Å². The molecule has 1 aromatic heterocycles. The fraction of sp³-hybridized carbons (Fsp3) is 0.179. The van der Waals surface area contributed by atoms with Crippen molar-refractivity contribution >= 4 is 10.8 Å². The zero-order chi connectivity index (χ0) is 24.1. The quantitative estimate of drug-likeness (QED) is 0.233. The molecule has 0 spiro atoms. The average molecular weight is 463 g/mol. The Morgan fingerprint density at radius 2 is 1.62 bits per heavy atom. The van der Waals surface area contributed by atoms with Crippen LogP contribution in [-0.2, 0) is 12.8 Å². The number of aryl methyl sites for hydroxylation is 2. The Balaban J connectivity index is 1.47. The first-order chi connectivity index (χ1) is 16.4. The molecule has 34 heavy (non-hydrogen) atoms. The maximum Gasteiger partial charge on any atom is 0.166 e. The predicted molar refractivity (Wildman–Crippen MR) is 124 cm³/mol. The molecular formula is C28H21F4NO. The van der Waals surface area contributed by atoms with Gasteiger partial charge >= 0.3 is 0 Å². The Bertz CT molecular complexity index is 1360. The minimum atomic E-state index is -0.944. The van der Waals surface area contributed by atoms with Gasteiger partial charge in [0.25, 0.3) is 0 Å². The molecule has 4 aromatic rings. The van der Waals surface area contributed by atoms with Gasteiger partial charge in [-0.1, -0.05) is 30.9 Å². The van der Waals surface area contributed by atoms with Gasteiger partial charge in [0.05, 0.1) is 18.4 Å². The number of hydrogen-bond acceptors (Lipinski definition) is 2. The van der Waals surface area contributed by atoms with Gasteiger partial charge in [0.15, 0.2) is 11.6 Å². The fourth-order valence-electron chi connectivity index (χ4n) is 3.50. The van der Waals surface area contributed by atoms with Crippen molar-refractivity contribution in [1.29, 1.82) is 0 Å². The largest absolute Gasteiger partial charge is 0.492 e. The first kappa shape index (κ1) is 23.3. The lowest BCUT2D eigenvalue weighted by Gasteiger charge is -2.07. The molecule has 0 saturated carbocycles. The highest BCUT2D eigenvalue weighted by atomic mass is 19.2. The first-order valence-electron chi connectivity index (χ1n) is 10.9. The molecule has 0 N–H and O–H groups in total. The molecule has 0 atom stereocenters. The smallest absolute Gasteiger partial charge is 0.166 e. The highest BCUT2D eigenvalue weighted by molar-refractivity contribution is 5.84. The molecule has 0 radical (unpaired) electrons. The summed E-state index contributed by atoms with van der Waals surface area (Å²) in [5.74, 6) is 2.51. The molecule has 0 aliphatic heterocycles. The molecule has 6 heteroatoms. The van der Waals surface area contributed by atoms with Crippen LogP contribution in [0.5, 0.6) is 5.75 Å². The van der Waals surface area contributed by atoms with Crippen LogP contribution in [-0.4, -0.2) is 11.6 Å². The Morgan fingerprint density at radius 1 is 0.824 bits per heavy atom.